The van der Waals surface area contributed by atoms with Gasteiger partial charge in [0.1, 0.15) is 5.82 Å². The van der Waals surface area contributed by atoms with Crippen molar-refractivity contribution in [1.29, 1.82) is 0 Å². The average Bonchev–Trinajstić information content (AvgIpc) is 2.88. The second kappa shape index (κ2) is 4.49. The molecule has 1 aromatic carbocycles. The lowest BCUT2D eigenvalue weighted by Crippen LogP contribution is -2.18. The molecule has 0 unspecified atom stereocenters. The van der Waals surface area contributed by atoms with Crippen LogP contribution in [0.5, 0.6) is 0 Å². The molecule has 0 saturated carbocycles. The fraction of sp³-hybridized carbons (Fsp3) is 0.125. The smallest absolute Gasteiger partial charge is 0.266 e. The Hall–Kier alpha value is -3.02. The third-order valence-corrected chi connectivity index (χ3v) is 3.62. The van der Waals surface area contributed by atoms with Crippen molar-refractivity contribution in [2.75, 3.05) is 0 Å². The van der Waals surface area contributed by atoms with Crippen LogP contribution >= 0.6 is 0 Å². The predicted molar refractivity (Wildman–Crippen MR) is 83.4 cm³/mol. The van der Waals surface area contributed by atoms with Gasteiger partial charge in [0.05, 0.1) is 10.9 Å². The fourth-order valence-electron chi connectivity index (χ4n) is 2.60. The first kappa shape index (κ1) is 12.7. The van der Waals surface area contributed by atoms with Crippen molar-refractivity contribution in [1.82, 2.24) is 24.1 Å². The van der Waals surface area contributed by atoms with Crippen LogP contribution in [-0.4, -0.2) is 24.1 Å². The summed E-state index contributed by atoms with van der Waals surface area (Å²) in [5, 5.41) is 4.81. The minimum atomic E-state index is -0.120. The number of rotatable bonds is 1. The summed E-state index contributed by atoms with van der Waals surface area (Å²) in [5.41, 5.74) is 2.52. The minimum Gasteiger partial charge on any atom is -0.284 e. The summed E-state index contributed by atoms with van der Waals surface area (Å²) < 4.78 is 3.22. The molecule has 4 aromatic rings. The molecule has 6 nitrogen and oxygen atoms in total. The van der Waals surface area contributed by atoms with E-state index in [-0.39, 0.29) is 5.56 Å². The quantitative estimate of drug-likeness (QED) is 0.538. The summed E-state index contributed by atoms with van der Waals surface area (Å²) in [6.45, 7) is 3.80. The molecule has 3 heterocycles. The summed E-state index contributed by atoms with van der Waals surface area (Å²) >= 11 is 0. The molecule has 0 radical (unpaired) electrons. The number of aryl methyl sites for hydroxylation is 2. The first-order valence-electron chi connectivity index (χ1n) is 6.94. The van der Waals surface area contributed by atoms with E-state index < -0.39 is 0 Å². The van der Waals surface area contributed by atoms with Gasteiger partial charge < -0.3 is 0 Å². The van der Waals surface area contributed by atoms with Crippen LogP contribution in [0, 0.1) is 13.8 Å². The zero-order valence-electron chi connectivity index (χ0n) is 12.2. The molecule has 4 rings (SSSR count). The van der Waals surface area contributed by atoms with Gasteiger partial charge in [-0.3, -0.25) is 9.36 Å². The van der Waals surface area contributed by atoms with E-state index in [9.17, 15) is 4.79 Å². The predicted octanol–water partition coefficient (Wildman–Crippen LogP) is 2.05. The van der Waals surface area contributed by atoms with Crippen molar-refractivity contribution in [3.8, 4) is 5.69 Å². The monoisotopic (exact) mass is 291 g/mol. The Morgan fingerprint density at radius 3 is 2.82 bits per heavy atom. The standard InChI is InChI=1S/C16H13N5O/c1-10-4-3-5-12(8-10)20-7-6-14-13(15(20)22)9-17-16-18-11(2)19-21(14)16/h3-9H,1-2H3. The van der Waals surface area contributed by atoms with E-state index in [0.717, 1.165) is 11.3 Å². The first-order valence-corrected chi connectivity index (χ1v) is 6.94. The average molecular weight is 291 g/mol. The molecule has 0 spiro atoms. The van der Waals surface area contributed by atoms with Crippen molar-refractivity contribution < 1.29 is 0 Å². The molecular weight excluding hydrogens is 278 g/mol. The van der Waals surface area contributed by atoms with E-state index in [1.165, 1.54) is 0 Å². The fourth-order valence-corrected chi connectivity index (χ4v) is 2.60. The molecule has 108 valence electrons. The Kier molecular flexibility index (Phi) is 2.59. The highest BCUT2D eigenvalue weighted by Gasteiger charge is 2.10. The molecule has 0 N–H and O–H groups in total. The second-order valence-corrected chi connectivity index (χ2v) is 5.26. The highest BCUT2D eigenvalue weighted by atomic mass is 16.1. The van der Waals surface area contributed by atoms with Crippen LogP contribution in [0.15, 0.2) is 47.5 Å². The molecule has 0 fully saturated rings. The Bertz CT molecular complexity index is 1080. The number of pyridine rings is 1. The van der Waals surface area contributed by atoms with Gasteiger partial charge in [-0.25, -0.2) is 4.98 Å². The van der Waals surface area contributed by atoms with E-state index in [2.05, 4.69) is 15.1 Å². The van der Waals surface area contributed by atoms with Gasteiger partial charge in [-0.2, -0.15) is 9.50 Å². The Morgan fingerprint density at radius 2 is 2.00 bits per heavy atom. The van der Waals surface area contributed by atoms with Crippen LogP contribution in [0.25, 0.3) is 22.4 Å². The van der Waals surface area contributed by atoms with Gasteiger partial charge >= 0.3 is 0 Å². The maximum absolute atomic E-state index is 12.8. The number of fused-ring (bicyclic) bond motifs is 3. The van der Waals surface area contributed by atoms with E-state index in [1.54, 1.807) is 28.4 Å². The second-order valence-electron chi connectivity index (χ2n) is 5.26. The van der Waals surface area contributed by atoms with E-state index in [0.29, 0.717) is 22.5 Å². The lowest BCUT2D eigenvalue weighted by Gasteiger charge is -2.08. The summed E-state index contributed by atoms with van der Waals surface area (Å²) in [7, 11) is 0. The zero-order chi connectivity index (χ0) is 15.3. The largest absolute Gasteiger partial charge is 0.284 e. The van der Waals surface area contributed by atoms with Crippen molar-refractivity contribution in [3.05, 3.63) is 64.5 Å². The summed E-state index contributed by atoms with van der Waals surface area (Å²) in [5.74, 6) is 1.13. The van der Waals surface area contributed by atoms with Crippen LogP contribution in [0.2, 0.25) is 0 Å². The SMILES string of the molecule is Cc1cccc(-n2ccc3c(cnc4nc(C)nn43)c2=O)c1. The Balaban J connectivity index is 2.06. The molecule has 22 heavy (non-hydrogen) atoms. The van der Waals surface area contributed by atoms with E-state index in [1.807, 2.05) is 37.3 Å². The van der Waals surface area contributed by atoms with Gasteiger partial charge in [-0.15, -0.1) is 5.10 Å². The lowest BCUT2D eigenvalue weighted by atomic mass is 10.2. The van der Waals surface area contributed by atoms with Gasteiger partial charge in [0.15, 0.2) is 0 Å². The van der Waals surface area contributed by atoms with Gasteiger partial charge in [0.2, 0.25) is 0 Å². The van der Waals surface area contributed by atoms with Crippen molar-refractivity contribution in [2.24, 2.45) is 0 Å². The molecule has 3 aromatic heterocycles. The zero-order valence-corrected chi connectivity index (χ0v) is 12.2. The third-order valence-electron chi connectivity index (χ3n) is 3.62. The maximum Gasteiger partial charge on any atom is 0.266 e. The van der Waals surface area contributed by atoms with Crippen LogP contribution < -0.4 is 5.56 Å². The normalized spacial score (nSPS) is 11.4. The number of hydrogen-bond donors (Lipinski definition) is 0. The maximum atomic E-state index is 12.8. The molecule has 0 aliphatic carbocycles. The molecule has 0 bridgehead atoms. The van der Waals surface area contributed by atoms with E-state index >= 15 is 0 Å². The van der Waals surface area contributed by atoms with Gasteiger partial charge in [0.25, 0.3) is 11.3 Å². The van der Waals surface area contributed by atoms with Crippen LogP contribution in [0.3, 0.4) is 0 Å². The van der Waals surface area contributed by atoms with Gasteiger partial charge in [0, 0.05) is 18.1 Å². The molecule has 0 saturated heterocycles. The van der Waals surface area contributed by atoms with Crippen molar-refractivity contribution in [2.45, 2.75) is 13.8 Å². The molecule has 0 aliphatic heterocycles. The minimum absolute atomic E-state index is 0.120. The molecule has 0 amide bonds. The van der Waals surface area contributed by atoms with Crippen LogP contribution in [0.1, 0.15) is 11.4 Å². The highest BCUT2D eigenvalue weighted by Crippen LogP contribution is 2.13. The molecule has 6 heteroatoms. The van der Waals surface area contributed by atoms with Crippen LogP contribution in [0.4, 0.5) is 0 Å². The number of aromatic nitrogens is 5. The molecule has 0 atom stereocenters. The van der Waals surface area contributed by atoms with Crippen molar-refractivity contribution in [3.63, 3.8) is 0 Å². The number of benzene rings is 1. The highest BCUT2D eigenvalue weighted by molar-refractivity contribution is 5.78. The van der Waals surface area contributed by atoms with Gasteiger partial charge in [-0.1, -0.05) is 12.1 Å². The Morgan fingerprint density at radius 1 is 1.14 bits per heavy atom. The summed E-state index contributed by atoms with van der Waals surface area (Å²) in [6, 6.07) is 9.68. The molecular formula is C16H13N5O. The number of hydrogen-bond acceptors (Lipinski definition) is 4. The lowest BCUT2D eigenvalue weighted by molar-refractivity contribution is 0.939. The first-order chi connectivity index (χ1) is 10.6. The van der Waals surface area contributed by atoms with E-state index in [4.69, 9.17) is 0 Å². The molecule has 0 aliphatic rings. The van der Waals surface area contributed by atoms with Crippen LogP contribution in [-0.2, 0) is 0 Å². The topological polar surface area (TPSA) is 65.1 Å². The van der Waals surface area contributed by atoms with Gasteiger partial charge in [-0.05, 0) is 37.6 Å². The Labute approximate surface area is 125 Å². The summed E-state index contributed by atoms with van der Waals surface area (Å²) in [4.78, 5) is 21.2. The third kappa shape index (κ3) is 1.81. The summed E-state index contributed by atoms with van der Waals surface area (Å²) in [6.07, 6.45) is 3.32. The number of nitrogens with zero attached hydrogens (tertiary/aromatic N) is 5. The van der Waals surface area contributed by atoms with Crippen molar-refractivity contribution >= 4 is 16.7 Å².